The average molecular weight is 300 g/mol. The lowest BCUT2D eigenvalue weighted by Gasteiger charge is -2.34. The van der Waals surface area contributed by atoms with Gasteiger partial charge in [0, 0.05) is 29.7 Å². The van der Waals surface area contributed by atoms with Gasteiger partial charge in [0.15, 0.2) is 0 Å². The summed E-state index contributed by atoms with van der Waals surface area (Å²) in [5.41, 5.74) is 1.81. The molecule has 0 N–H and O–H groups in total. The molecule has 1 aliphatic rings. The molecule has 1 aromatic rings. The number of rotatable bonds is 3. The van der Waals surface area contributed by atoms with E-state index in [0.29, 0.717) is 11.4 Å². The van der Waals surface area contributed by atoms with Crippen molar-refractivity contribution in [3.63, 3.8) is 0 Å². The smallest absolute Gasteiger partial charge is 0.129 e. The molecule has 0 saturated heterocycles. The van der Waals surface area contributed by atoms with Crippen LogP contribution in [-0.4, -0.2) is 13.1 Å². The highest BCUT2D eigenvalue weighted by atomic mass is 79.9. The molecule has 1 aromatic carbocycles. The fraction of sp³-hybridized carbons (Fsp3) is 0.571. The highest BCUT2D eigenvalue weighted by Gasteiger charge is 2.20. The zero-order valence-electron chi connectivity index (χ0n) is 10.3. The maximum atomic E-state index is 13.7. The minimum absolute atomic E-state index is 0.109. The number of halogens is 2. The van der Waals surface area contributed by atoms with Crippen LogP contribution in [0.4, 0.5) is 10.1 Å². The van der Waals surface area contributed by atoms with Crippen molar-refractivity contribution in [2.24, 2.45) is 0 Å². The maximum absolute atomic E-state index is 13.7. The lowest BCUT2D eigenvalue weighted by atomic mass is 9.94. The Morgan fingerprint density at radius 3 is 2.65 bits per heavy atom. The Bertz CT molecular complexity index is 374. The summed E-state index contributed by atoms with van der Waals surface area (Å²) >= 11 is 3.38. The van der Waals surface area contributed by atoms with E-state index in [2.05, 4.69) is 27.9 Å². The molecule has 94 valence electrons. The van der Waals surface area contributed by atoms with Crippen LogP contribution in [0.5, 0.6) is 0 Å². The van der Waals surface area contributed by atoms with Gasteiger partial charge in [0.1, 0.15) is 5.82 Å². The van der Waals surface area contributed by atoms with Crippen LogP contribution in [0.2, 0.25) is 0 Å². The van der Waals surface area contributed by atoms with E-state index in [-0.39, 0.29) is 5.82 Å². The minimum atomic E-state index is -0.109. The molecule has 0 radical (unpaired) electrons. The second-order valence-corrected chi connectivity index (χ2v) is 5.33. The quantitative estimate of drug-likeness (QED) is 0.743. The topological polar surface area (TPSA) is 3.24 Å². The zero-order chi connectivity index (χ0) is 12.3. The van der Waals surface area contributed by atoms with Crippen molar-refractivity contribution >= 4 is 21.6 Å². The predicted octanol–water partition coefficient (Wildman–Crippen LogP) is 4.49. The molecule has 0 heterocycles. The van der Waals surface area contributed by atoms with Gasteiger partial charge in [-0.25, -0.2) is 4.39 Å². The summed E-state index contributed by atoms with van der Waals surface area (Å²) in [4.78, 5) is 2.26. The van der Waals surface area contributed by atoms with Crippen LogP contribution in [0, 0.1) is 5.82 Å². The fourth-order valence-corrected chi connectivity index (χ4v) is 3.23. The van der Waals surface area contributed by atoms with Gasteiger partial charge in [-0.15, -0.1) is 0 Å². The third kappa shape index (κ3) is 2.82. The number of alkyl halides is 1. The van der Waals surface area contributed by atoms with E-state index in [1.54, 1.807) is 6.07 Å². The highest BCUT2D eigenvalue weighted by molar-refractivity contribution is 9.08. The molecule has 1 saturated carbocycles. The van der Waals surface area contributed by atoms with E-state index in [0.717, 1.165) is 11.3 Å². The van der Waals surface area contributed by atoms with Gasteiger partial charge >= 0.3 is 0 Å². The normalized spacial score (nSPS) is 17.1. The third-order valence-corrected chi connectivity index (χ3v) is 4.29. The summed E-state index contributed by atoms with van der Waals surface area (Å²) in [5.74, 6) is -0.109. The van der Waals surface area contributed by atoms with E-state index in [1.165, 1.54) is 38.2 Å². The summed E-state index contributed by atoms with van der Waals surface area (Å²) in [6.45, 7) is 0. The molecular formula is C14H19BrFN. The van der Waals surface area contributed by atoms with Gasteiger partial charge in [-0.2, -0.15) is 0 Å². The number of benzene rings is 1. The van der Waals surface area contributed by atoms with Gasteiger partial charge in [-0.05, 0) is 25.0 Å². The van der Waals surface area contributed by atoms with Gasteiger partial charge in [-0.3, -0.25) is 0 Å². The number of anilines is 1. The van der Waals surface area contributed by atoms with Crippen LogP contribution < -0.4 is 4.90 Å². The molecule has 3 heteroatoms. The summed E-state index contributed by atoms with van der Waals surface area (Å²) in [6, 6.07) is 5.93. The highest BCUT2D eigenvalue weighted by Crippen LogP contribution is 2.30. The van der Waals surface area contributed by atoms with Crippen molar-refractivity contribution in [2.45, 2.75) is 43.5 Å². The molecule has 0 aliphatic heterocycles. The van der Waals surface area contributed by atoms with E-state index < -0.39 is 0 Å². The molecular weight excluding hydrogens is 281 g/mol. The molecule has 2 rings (SSSR count). The number of hydrogen-bond donors (Lipinski definition) is 0. The monoisotopic (exact) mass is 299 g/mol. The Labute approximate surface area is 111 Å². The summed E-state index contributed by atoms with van der Waals surface area (Å²) in [5, 5.41) is 0.575. The molecule has 0 bridgehead atoms. The van der Waals surface area contributed by atoms with Crippen molar-refractivity contribution in [1.82, 2.24) is 0 Å². The lowest BCUT2D eigenvalue weighted by molar-refractivity contribution is 0.427. The molecule has 0 spiro atoms. The molecule has 0 atom stereocenters. The molecule has 1 fully saturated rings. The van der Waals surface area contributed by atoms with Gasteiger partial charge in [-0.1, -0.05) is 41.3 Å². The van der Waals surface area contributed by atoms with Crippen LogP contribution in [0.1, 0.15) is 37.7 Å². The Kier molecular flexibility index (Phi) is 4.43. The standard InChI is InChI=1S/C14H19BrFN/c1-17(11-6-3-2-4-7-11)14-9-5-8-13(16)12(14)10-15/h5,8-9,11H,2-4,6-7,10H2,1H3. The Morgan fingerprint density at radius 1 is 1.29 bits per heavy atom. The first kappa shape index (κ1) is 12.9. The van der Waals surface area contributed by atoms with Crippen LogP contribution >= 0.6 is 15.9 Å². The first-order valence-electron chi connectivity index (χ1n) is 6.30. The van der Waals surface area contributed by atoms with Crippen molar-refractivity contribution in [3.8, 4) is 0 Å². The zero-order valence-corrected chi connectivity index (χ0v) is 11.8. The van der Waals surface area contributed by atoms with Crippen molar-refractivity contribution in [3.05, 3.63) is 29.6 Å². The van der Waals surface area contributed by atoms with Crippen molar-refractivity contribution in [2.75, 3.05) is 11.9 Å². The van der Waals surface area contributed by atoms with Crippen molar-refractivity contribution in [1.29, 1.82) is 0 Å². The van der Waals surface area contributed by atoms with Gasteiger partial charge in [0.2, 0.25) is 0 Å². The Balaban J connectivity index is 2.23. The van der Waals surface area contributed by atoms with Gasteiger partial charge < -0.3 is 4.90 Å². The predicted molar refractivity (Wildman–Crippen MR) is 74.3 cm³/mol. The van der Waals surface area contributed by atoms with E-state index in [4.69, 9.17) is 0 Å². The second-order valence-electron chi connectivity index (χ2n) is 4.77. The number of hydrogen-bond acceptors (Lipinski definition) is 1. The van der Waals surface area contributed by atoms with Crippen LogP contribution in [0.3, 0.4) is 0 Å². The number of nitrogens with zero attached hydrogens (tertiary/aromatic N) is 1. The molecule has 1 aliphatic carbocycles. The van der Waals surface area contributed by atoms with E-state index in [9.17, 15) is 4.39 Å². The molecule has 0 unspecified atom stereocenters. The van der Waals surface area contributed by atoms with Crippen LogP contribution in [-0.2, 0) is 5.33 Å². The SMILES string of the molecule is CN(c1cccc(F)c1CBr)C1CCCCC1. The van der Waals surface area contributed by atoms with Crippen molar-refractivity contribution < 1.29 is 4.39 Å². The Morgan fingerprint density at radius 2 is 2.00 bits per heavy atom. The maximum Gasteiger partial charge on any atom is 0.129 e. The lowest BCUT2D eigenvalue weighted by Crippen LogP contribution is -2.34. The first-order chi connectivity index (χ1) is 8.24. The summed E-state index contributed by atoms with van der Waals surface area (Å²) < 4.78 is 13.7. The average Bonchev–Trinajstić information content (AvgIpc) is 2.38. The van der Waals surface area contributed by atoms with E-state index >= 15 is 0 Å². The van der Waals surface area contributed by atoms with Crippen LogP contribution in [0.25, 0.3) is 0 Å². The summed E-state index contributed by atoms with van der Waals surface area (Å²) in [6.07, 6.45) is 6.41. The van der Waals surface area contributed by atoms with Gasteiger partial charge in [0.05, 0.1) is 0 Å². The largest absolute Gasteiger partial charge is 0.371 e. The molecule has 0 aromatic heterocycles. The first-order valence-corrected chi connectivity index (χ1v) is 7.42. The minimum Gasteiger partial charge on any atom is -0.371 e. The van der Waals surface area contributed by atoms with E-state index in [1.807, 2.05) is 6.07 Å². The summed E-state index contributed by atoms with van der Waals surface area (Å²) in [7, 11) is 2.09. The molecule has 17 heavy (non-hydrogen) atoms. The Hall–Kier alpha value is -0.570. The van der Waals surface area contributed by atoms with Gasteiger partial charge in [0.25, 0.3) is 0 Å². The second kappa shape index (κ2) is 5.85. The molecule has 1 nitrogen and oxygen atoms in total. The third-order valence-electron chi connectivity index (χ3n) is 3.73. The van der Waals surface area contributed by atoms with Crippen LogP contribution in [0.15, 0.2) is 18.2 Å². The fourth-order valence-electron chi connectivity index (χ4n) is 2.68. The molecule has 0 amide bonds.